The molecule has 0 saturated carbocycles. The summed E-state index contributed by atoms with van der Waals surface area (Å²) < 4.78 is 13.3. The van der Waals surface area contributed by atoms with Gasteiger partial charge in [-0.15, -0.1) is 0 Å². The summed E-state index contributed by atoms with van der Waals surface area (Å²) in [5.41, 5.74) is 1.53. The van der Waals surface area contributed by atoms with E-state index >= 15 is 0 Å². The number of hydrogen-bond donors (Lipinski definition) is 1. The number of hydrogen-bond acceptors (Lipinski definition) is 3. The Labute approximate surface area is 158 Å². The van der Waals surface area contributed by atoms with Crippen molar-refractivity contribution in [1.29, 1.82) is 0 Å². The van der Waals surface area contributed by atoms with E-state index in [2.05, 4.69) is 10.3 Å². The lowest BCUT2D eigenvalue weighted by atomic mass is 9.87. The molecule has 0 bridgehead atoms. The topological polar surface area (TPSA) is 62.3 Å². The molecule has 5 nitrogen and oxygen atoms in total. The van der Waals surface area contributed by atoms with Crippen molar-refractivity contribution in [2.24, 2.45) is 5.92 Å². The molecule has 2 aromatic rings. The highest BCUT2D eigenvalue weighted by Gasteiger charge is 2.30. The van der Waals surface area contributed by atoms with Crippen LogP contribution < -0.4 is 5.32 Å². The lowest BCUT2D eigenvalue weighted by molar-refractivity contribution is -0.132. The van der Waals surface area contributed by atoms with E-state index < -0.39 is 0 Å². The molecule has 2 heterocycles. The minimum Gasteiger partial charge on any atom is -0.348 e. The third kappa shape index (κ3) is 5.12. The number of rotatable bonds is 5. The summed E-state index contributed by atoms with van der Waals surface area (Å²) in [6.07, 6.45) is 3.51. The van der Waals surface area contributed by atoms with Crippen molar-refractivity contribution in [1.82, 2.24) is 15.2 Å². The van der Waals surface area contributed by atoms with Crippen molar-refractivity contribution in [3.05, 3.63) is 65.7 Å². The Hall–Kier alpha value is -2.76. The van der Waals surface area contributed by atoms with Crippen molar-refractivity contribution < 1.29 is 14.0 Å². The van der Waals surface area contributed by atoms with Crippen LogP contribution in [0, 0.1) is 11.7 Å². The smallest absolute Gasteiger partial charge is 0.226 e. The number of carbonyl (C=O) groups excluding carboxylic acids is 2. The van der Waals surface area contributed by atoms with Crippen LogP contribution in [0.5, 0.6) is 0 Å². The number of benzene rings is 1. The Morgan fingerprint density at radius 2 is 2.00 bits per heavy atom. The summed E-state index contributed by atoms with van der Waals surface area (Å²) >= 11 is 0. The molecule has 1 aliphatic heterocycles. The average molecular weight is 369 g/mol. The summed E-state index contributed by atoms with van der Waals surface area (Å²) in [6.45, 7) is 2.76. The highest BCUT2D eigenvalue weighted by molar-refractivity contribution is 5.78. The van der Waals surface area contributed by atoms with Gasteiger partial charge < -0.3 is 10.2 Å². The predicted molar refractivity (Wildman–Crippen MR) is 100 cm³/mol. The number of amides is 2. The van der Waals surface area contributed by atoms with Gasteiger partial charge in [-0.25, -0.2) is 4.39 Å². The number of carbonyl (C=O) groups is 2. The van der Waals surface area contributed by atoms with Gasteiger partial charge in [0.25, 0.3) is 0 Å². The van der Waals surface area contributed by atoms with Crippen LogP contribution in [-0.4, -0.2) is 34.8 Å². The largest absolute Gasteiger partial charge is 0.348 e. The van der Waals surface area contributed by atoms with Gasteiger partial charge in [-0.1, -0.05) is 18.2 Å². The second-order valence-corrected chi connectivity index (χ2v) is 6.96. The molecule has 1 atom stereocenters. The number of nitrogens with zero attached hydrogens (tertiary/aromatic N) is 2. The standard InChI is InChI=1S/C21H24FN3O2/c1-15(26)24-21(19-7-2-3-10-23-19)17-8-11-25(12-9-17)20(27)14-16-5-4-6-18(22)13-16/h2-7,10,13,17,21H,8-9,11-12,14H2,1H3,(H,24,26)/t21-/m0/s1. The van der Waals surface area contributed by atoms with E-state index in [1.165, 1.54) is 19.1 Å². The number of halogens is 1. The maximum atomic E-state index is 13.3. The van der Waals surface area contributed by atoms with Gasteiger partial charge in [0.1, 0.15) is 5.82 Å². The zero-order valence-corrected chi connectivity index (χ0v) is 15.4. The molecule has 142 valence electrons. The van der Waals surface area contributed by atoms with Gasteiger partial charge in [0, 0.05) is 26.2 Å². The van der Waals surface area contributed by atoms with Crippen LogP contribution in [0.3, 0.4) is 0 Å². The highest BCUT2D eigenvalue weighted by atomic mass is 19.1. The molecule has 1 aromatic carbocycles. The number of pyridine rings is 1. The van der Waals surface area contributed by atoms with Crippen LogP contribution in [0.15, 0.2) is 48.7 Å². The molecule has 0 spiro atoms. The molecule has 1 aromatic heterocycles. The highest BCUT2D eigenvalue weighted by Crippen LogP contribution is 2.30. The Balaban J connectivity index is 1.61. The fraction of sp³-hybridized carbons (Fsp3) is 0.381. The van der Waals surface area contributed by atoms with Gasteiger partial charge in [-0.2, -0.15) is 0 Å². The molecular formula is C21H24FN3O2. The lowest BCUT2D eigenvalue weighted by Crippen LogP contribution is -2.43. The van der Waals surface area contributed by atoms with Crippen molar-refractivity contribution in [2.75, 3.05) is 13.1 Å². The number of aromatic nitrogens is 1. The first-order valence-electron chi connectivity index (χ1n) is 9.23. The number of piperidine rings is 1. The molecule has 6 heteroatoms. The van der Waals surface area contributed by atoms with Gasteiger partial charge in [0.15, 0.2) is 0 Å². The van der Waals surface area contributed by atoms with Crippen LogP contribution in [-0.2, 0) is 16.0 Å². The number of likely N-dealkylation sites (tertiary alicyclic amines) is 1. The van der Waals surface area contributed by atoms with E-state index in [4.69, 9.17) is 0 Å². The summed E-state index contributed by atoms with van der Waals surface area (Å²) in [5.74, 6) is -0.183. The predicted octanol–water partition coefficient (Wildman–Crippen LogP) is 2.88. The fourth-order valence-electron chi connectivity index (χ4n) is 3.63. The van der Waals surface area contributed by atoms with Gasteiger partial charge >= 0.3 is 0 Å². The second kappa shape index (κ2) is 8.75. The van der Waals surface area contributed by atoms with E-state index in [-0.39, 0.29) is 36.0 Å². The molecule has 0 unspecified atom stereocenters. The zero-order valence-electron chi connectivity index (χ0n) is 15.4. The van der Waals surface area contributed by atoms with Crippen LogP contribution in [0.4, 0.5) is 4.39 Å². The first-order chi connectivity index (χ1) is 13.0. The summed E-state index contributed by atoms with van der Waals surface area (Å²) in [7, 11) is 0. The summed E-state index contributed by atoms with van der Waals surface area (Å²) in [6, 6.07) is 11.7. The minimum absolute atomic E-state index is 0.00737. The molecule has 0 radical (unpaired) electrons. The molecule has 1 aliphatic rings. The fourth-order valence-corrected chi connectivity index (χ4v) is 3.63. The second-order valence-electron chi connectivity index (χ2n) is 6.96. The van der Waals surface area contributed by atoms with E-state index in [1.54, 1.807) is 18.3 Å². The Kier molecular flexibility index (Phi) is 6.16. The normalized spacial score (nSPS) is 16.0. The Bertz CT molecular complexity index is 789. The van der Waals surface area contributed by atoms with Crippen LogP contribution in [0.25, 0.3) is 0 Å². The lowest BCUT2D eigenvalue weighted by Gasteiger charge is -2.36. The van der Waals surface area contributed by atoms with Crippen molar-refractivity contribution in [3.8, 4) is 0 Å². The van der Waals surface area contributed by atoms with Crippen molar-refractivity contribution in [2.45, 2.75) is 32.2 Å². The van der Waals surface area contributed by atoms with Gasteiger partial charge in [-0.3, -0.25) is 14.6 Å². The SMILES string of the molecule is CC(=O)N[C@H](c1ccccn1)C1CCN(C(=O)Cc2cccc(F)c2)CC1. The summed E-state index contributed by atoms with van der Waals surface area (Å²) in [5, 5.41) is 3.01. The summed E-state index contributed by atoms with van der Waals surface area (Å²) in [4.78, 5) is 30.4. The Morgan fingerprint density at radius 1 is 1.22 bits per heavy atom. The number of nitrogens with one attached hydrogen (secondary N) is 1. The van der Waals surface area contributed by atoms with Crippen LogP contribution in [0.2, 0.25) is 0 Å². The molecule has 1 N–H and O–H groups in total. The van der Waals surface area contributed by atoms with E-state index in [0.717, 1.165) is 18.5 Å². The third-order valence-corrected chi connectivity index (χ3v) is 4.97. The third-order valence-electron chi connectivity index (χ3n) is 4.97. The Morgan fingerprint density at radius 3 is 2.63 bits per heavy atom. The van der Waals surface area contributed by atoms with E-state index in [1.807, 2.05) is 23.1 Å². The van der Waals surface area contributed by atoms with E-state index in [0.29, 0.717) is 18.7 Å². The molecule has 1 saturated heterocycles. The monoisotopic (exact) mass is 369 g/mol. The molecule has 0 aliphatic carbocycles. The zero-order chi connectivity index (χ0) is 19.2. The van der Waals surface area contributed by atoms with Crippen molar-refractivity contribution in [3.63, 3.8) is 0 Å². The molecule has 27 heavy (non-hydrogen) atoms. The van der Waals surface area contributed by atoms with Gasteiger partial charge in [0.05, 0.1) is 18.2 Å². The molecule has 1 fully saturated rings. The quantitative estimate of drug-likeness (QED) is 0.882. The van der Waals surface area contributed by atoms with Crippen LogP contribution >= 0.6 is 0 Å². The maximum Gasteiger partial charge on any atom is 0.226 e. The average Bonchev–Trinajstić information content (AvgIpc) is 2.67. The molecule has 2 amide bonds. The van der Waals surface area contributed by atoms with Gasteiger partial charge in [-0.05, 0) is 48.6 Å². The van der Waals surface area contributed by atoms with Gasteiger partial charge in [0.2, 0.25) is 11.8 Å². The minimum atomic E-state index is -0.326. The van der Waals surface area contributed by atoms with Crippen molar-refractivity contribution >= 4 is 11.8 Å². The molecule has 3 rings (SSSR count). The molecular weight excluding hydrogens is 345 g/mol. The van der Waals surface area contributed by atoms with Crippen LogP contribution in [0.1, 0.15) is 37.1 Å². The van der Waals surface area contributed by atoms with E-state index in [9.17, 15) is 14.0 Å². The first kappa shape index (κ1) is 19.0. The first-order valence-corrected chi connectivity index (χ1v) is 9.23. The maximum absolute atomic E-state index is 13.3.